The van der Waals surface area contributed by atoms with Crippen LogP contribution in [0.2, 0.25) is 0 Å². The van der Waals surface area contributed by atoms with Crippen LogP contribution < -0.4 is 11.5 Å². The lowest BCUT2D eigenvalue weighted by molar-refractivity contribution is -0.127. The van der Waals surface area contributed by atoms with Gasteiger partial charge in [0.1, 0.15) is 5.54 Å². The van der Waals surface area contributed by atoms with Gasteiger partial charge in [0, 0.05) is 0 Å². The molecule has 0 bridgehead atoms. The molecule has 1 atom stereocenters. The van der Waals surface area contributed by atoms with Crippen LogP contribution in [0.1, 0.15) is 20.8 Å². The van der Waals surface area contributed by atoms with Crippen molar-refractivity contribution in [3.63, 3.8) is 0 Å². The van der Waals surface area contributed by atoms with Crippen LogP contribution in [-0.2, 0) is 10.3 Å². The van der Waals surface area contributed by atoms with E-state index in [4.69, 9.17) is 11.5 Å². The van der Waals surface area contributed by atoms with Gasteiger partial charge in [-0.2, -0.15) is 0 Å². The van der Waals surface area contributed by atoms with Crippen molar-refractivity contribution in [2.75, 3.05) is 5.73 Å². The molecule has 0 saturated heterocycles. The summed E-state index contributed by atoms with van der Waals surface area (Å²) in [6, 6.07) is 7.53. The highest BCUT2D eigenvalue weighted by atomic mass is 16.1. The van der Waals surface area contributed by atoms with Crippen LogP contribution in [0.3, 0.4) is 0 Å². The number of benzene rings is 1. The second-order valence-electron chi connectivity index (χ2n) is 4.96. The molecule has 5 nitrogen and oxygen atoms in total. The Bertz CT molecular complexity index is 602. The van der Waals surface area contributed by atoms with Gasteiger partial charge in [0.15, 0.2) is 0 Å². The van der Waals surface area contributed by atoms with E-state index in [1.54, 1.807) is 11.5 Å². The number of fused-ring (bicyclic) bond motifs is 1. The molecule has 1 aromatic carbocycles. The van der Waals surface area contributed by atoms with E-state index in [9.17, 15) is 4.79 Å². The third-order valence-corrected chi connectivity index (χ3v) is 3.67. The number of imidazole rings is 1. The number of primary amides is 1. The van der Waals surface area contributed by atoms with Crippen molar-refractivity contribution < 1.29 is 4.79 Å². The molecular formula is C13H18N4O. The molecule has 0 aliphatic rings. The highest BCUT2D eigenvalue weighted by molar-refractivity contribution is 5.87. The Hall–Kier alpha value is -2.04. The minimum absolute atomic E-state index is 0.00917. The molecule has 96 valence electrons. The van der Waals surface area contributed by atoms with Crippen molar-refractivity contribution >= 4 is 22.9 Å². The van der Waals surface area contributed by atoms with E-state index in [-0.39, 0.29) is 5.92 Å². The van der Waals surface area contributed by atoms with Gasteiger partial charge < -0.3 is 11.5 Å². The van der Waals surface area contributed by atoms with E-state index in [1.165, 1.54) is 0 Å². The first kappa shape index (κ1) is 12.4. The van der Waals surface area contributed by atoms with Crippen molar-refractivity contribution in [3.05, 3.63) is 24.3 Å². The second kappa shape index (κ2) is 4.01. The smallest absolute Gasteiger partial charge is 0.243 e. The van der Waals surface area contributed by atoms with Gasteiger partial charge in [-0.1, -0.05) is 26.0 Å². The number of nitrogens with two attached hydrogens (primary N) is 2. The molecule has 2 rings (SSSR count). The van der Waals surface area contributed by atoms with E-state index in [0.29, 0.717) is 5.95 Å². The van der Waals surface area contributed by atoms with E-state index in [2.05, 4.69) is 4.98 Å². The molecule has 1 amide bonds. The molecule has 0 saturated carbocycles. The number of hydrogen-bond donors (Lipinski definition) is 2. The zero-order valence-corrected chi connectivity index (χ0v) is 10.8. The van der Waals surface area contributed by atoms with Gasteiger partial charge in [-0.25, -0.2) is 4.98 Å². The largest absolute Gasteiger partial charge is 0.369 e. The van der Waals surface area contributed by atoms with Crippen LogP contribution in [-0.4, -0.2) is 15.5 Å². The van der Waals surface area contributed by atoms with Crippen LogP contribution in [0, 0.1) is 5.92 Å². The Labute approximate surface area is 106 Å². The van der Waals surface area contributed by atoms with E-state index in [0.717, 1.165) is 11.0 Å². The lowest BCUT2D eigenvalue weighted by Gasteiger charge is -2.33. The summed E-state index contributed by atoms with van der Waals surface area (Å²) < 4.78 is 1.73. The van der Waals surface area contributed by atoms with Crippen molar-refractivity contribution in [3.8, 4) is 0 Å². The van der Waals surface area contributed by atoms with E-state index >= 15 is 0 Å². The number of rotatable bonds is 3. The summed E-state index contributed by atoms with van der Waals surface area (Å²) in [7, 11) is 0. The van der Waals surface area contributed by atoms with Gasteiger partial charge in [0.2, 0.25) is 11.9 Å². The first-order valence-corrected chi connectivity index (χ1v) is 5.92. The van der Waals surface area contributed by atoms with E-state index < -0.39 is 11.4 Å². The number of carbonyl (C=O) groups excluding carboxylic acids is 1. The molecule has 1 heterocycles. The molecule has 2 aromatic rings. The molecule has 1 unspecified atom stereocenters. The Kier molecular flexibility index (Phi) is 2.77. The van der Waals surface area contributed by atoms with Gasteiger partial charge in [-0.3, -0.25) is 9.36 Å². The minimum atomic E-state index is -0.889. The summed E-state index contributed by atoms with van der Waals surface area (Å²) in [5.74, 6) is -0.0894. The fourth-order valence-corrected chi connectivity index (χ4v) is 2.19. The number of carbonyl (C=O) groups is 1. The average molecular weight is 246 g/mol. The predicted octanol–water partition coefficient (Wildman–Crippen LogP) is 1.47. The number of nitrogens with zero attached hydrogens (tertiary/aromatic N) is 2. The molecule has 0 fully saturated rings. The molecule has 0 aliphatic carbocycles. The first-order chi connectivity index (χ1) is 8.39. The van der Waals surface area contributed by atoms with Crippen LogP contribution >= 0.6 is 0 Å². The topological polar surface area (TPSA) is 86.9 Å². The number of aromatic nitrogens is 2. The van der Waals surface area contributed by atoms with Gasteiger partial charge >= 0.3 is 0 Å². The monoisotopic (exact) mass is 246 g/mol. The number of anilines is 1. The number of amides is 1. The number of hydrogen-bond acceptors (Lipinski definition) is 3. The Morgan fingerprint density at radius 2 is 2.00 bits per heavy atom. The average Bonchev–Trinajstić information content (AvgIpc) is 2.63. The Morgan fingerprint density at radius 1 is 1.39 bits per heavy atom. The lowest BCUT2D eigenvalue weighted by atomic mass is 9.87. The van der Waals surface area contributed by atoms with Crippen LogP contribution in [0.5, 0.6) is 0 Å². The SMILES string of the molecule is CC(C)C(C)(C(N)=O)n1c(N)nc2ccccc21. The number of para-hydroxylation sites is 2. The summed E-state index contributed by atoms with van der Waals surface area (Å²) in [6.07, 6.45) is 0. The number of nitrogen functional groups attached to an aromatic ring is 1. The molecule has 18 heavy (non-hydrogen) atoms. The molecule has 0 aliphatic heterocycles. The summed E-state index contributed by atoms with van der Waals surface area (Å²) in [5.41, 5.74) is 12.2. The zero-order valence-electron chi connectivity index (χ0n) is 10.8. The Balaban J connectivity index is 2.80. The molecule has 0 spiro atoms. The highest BCUT2D eigenvalue weighted by Crippen LogP contribution is 2.32. The summed E-state index contributed by atoms with van der Waals surface area (Å²) >= 11 is 0. The molecule has 0 radical (unpaired) electrons. The van der Waals surface area contributed by atoms with Gasteiger partial charge in [0.05, 0.1) is 11.0 Å². The molecule has 4 N–H and O–H groups in total. The first-order valence-electron chi connectivity index (χ1n) is 5.92. The van der Waals surface area contributed by atoms with Crippen molar-refractivity contribution in [1.82, 2.24) is 9.55 Å². The normalized spacial score (nSPS) is 14.9. The van der Waals surface area contributed by atoms with Crippen LogP contribution in [0.4, 0.5) is 5.95 Å². The van der Waals surface area contributed by atoms with Crippen molar-refractivity contribution in [2.45, 2.75) is 26.3 Å². The standard InChI is InChI=1S/C13H18N4O/c1-8(2)13(3,11(14)18)17-10-7-5-4-6-9(10)16-12(17)15/h4-8H,1-3H3,(H2,14,18)(H2,15,16). The molecular weight excluding hydrogens is 228 g/mol. The predicted molar refractivity (Wildman–Crippen MR) is 71.8 cm³/mol. The third kappa shape index (κ3) is 1.54. The Morgan fingerprint density at radius 3 is 2.56 bits per heavy atom. The highest BCUT2D eigenvalue weighted by Gasteiger charge is 2.39. The van der Waals surface area contributed by atoms with Crippen molar-refractivity contribution in [2.24, 2.45) is 11.7 Å². The zero-order chi connectivity index (χ0) is 13.5. The van der Waals surface area contributed by atoms with Gasteiger partial charge in [-0.15, -0.1) is 0 Å². The summed E-state index contributed by atoms with van der Waals surface area (Å²) in [6.45, 7) is 5.68. The van der Waals surface area contributed by atoms with E-state index in [1.807, 2.05) is 38.1 Å². The maximum absolute atomic E-state index is 11.9. The summed E-state index contributed by atoms with van der Waals surface area (Å²) in [5, 5.41) is 0. The lowest BCUT2D eigenvalue weighted by Crippen LogP contribution is -2.48. The molecule has 1 aromatic heterocycles. The van der Waals surface area contributed by atoms with Gasteiger partial charge in [-0.05, 0) is 25.0 Å². The third-order valence-electron chi connectivity index (χ3n) is 3.67. The van der Waals surface area contributed by atoms with Gasteiger partial charge in [0.25, 0.3) is 0 Å². The van der Waals surface area contributed by atoms with Crippen LogP contribution in [0.25, 0.3) is 11.0 Å². The van der Waals surface area contributed by atoms with Crippen molar-refractivity contribution in [1.29, 1.82) is 0 Å². The minimum Gasteiger partial charge on any atom is -0.369 e. The fraction of sp³-hybridized carbons (Fsp3) is 0.385. The summed E-state index contributed by atoms with van der Waals surface area (Å²) in [4.78, 5) is 16.2. The quantitative estimate of drug-likeness (QED) is 0.859. The second-order valence-corrected chi connectivity index (χ2v) is 4.96. The maximum Gasteiger partial charge on any atom is 0.243 e. The fourth-order valence-electron chi connectivity index (χ4n) is 2.19. The maximum atomic E-state index is 11.9. The molecule has 5 heteroatoms. The van der Waals surface area contributed by atoms with Crippen LogP contribution in [0.15, 0.2) is 24.3 Å².